The summed E-state index contributed by atoms with van der Waals surface area (Å²) in [6.07, 6.45) is 0. The Balaban J connectivity index is 1.89. The summed E-state index contributed by atoms with van der Waals surface area (Å²) in [7, 11) is 0.582. The average Bonchev–Trinajstić information content (AvgIpc) is 3.10. The molecule has 1 aromatic heterocycles. The number of amides is 1. The number of ether oxygens (including phenoxy) is 1. The number of furan rings is 1. The molecule has 10 heteroatoms. The Morgan fingerprint density at radius 2 is 1.96 bits per heavy atom. The fraction of sp³-hybridized carbons (Fsp3) is 0.294. The minimum Gasteiger partial charge on any atom is -0.463 e. The Bertz CT molecular complexity index is 921. The summed E-state index contributed by atoms with van der Waals surface area (Å²) < 4.78 is 35.3. The quantitative estimate of drug-likeness (QED) is 0.663. The molecule has 0 bridgehead atoms. The van der Waals surface area contributed by atoms with Crippen LogP contribution in [0.25, 0.3) is 0 Å². The lowest BCUT2D eigenvalue weighted by atomic mass is 10.3. The van der Waals surface area contributed by atoms with Crippen LogP contribution in [0.4, 0.5) is 5.69 Å². The van der Waals surface area contributed by atoms with Gasteiger partial charge in [-0.05, 0) is 30.3 Å². The SMILES string of the molecule is COC(=O)c1ccc(CSCC(=O)Nc2cccc(S(=O)(=O)N(C)C)c2)o1. The topological polar surface area (TPSA) is 106 Å². The van der Waals surface area contributed by atoms with Crippen LogP contribution in [0, 0.1) is 0 Å². The van der Waals surface area contributed by atoms with Gasteiger partial charge in [0.1, 0.15) is 5.76 Å². The van der Waals surface area contributed by atoms with Crippen LogP contribution in [0.5, 0.6) is 0 Å². The lowest BCUT2D eigenvalue weighted by Crippen LogP contribution is -2.22. The van der Waals surface area contributed by atoms with Crippen LogP contribution in [-0.2, 0) is 25.3 Å². The van der Waals surface area contributed by atoms with Crippen molar-refractivity contribution in [2.75, 3.05) is 32.3 Å². The van der Waals surface area contributed by atoms with E-state index in [0.717, 1.165) is 4.31 Å². The van der Waals surface area contributed by atoms with E-state index in [-0.39, 0.29) is 22.3 Å². The molecule has 1 amide bonds. The third-order valence-corrected chi connectivity index (χ3v) is 6.19. The number of thioether (sulfide) groups is 1. The Labute approximate surface area is 161 Å². The Morgan fingerprint density at radius 1 is 1.22 bits per heavy atom. The lowest BCUT2D eigenvalue weighted by Gasteiger charge is -2.12. The maximum absolute atomic E-state index is 12.1. The number of methoxy groups -OCH3 is 1. The number of rotatable bonds is 8. The predicted molar refractivity (Wildman–Crippen MR) is 102 cm³/mol. The second-order valence-electron chi connectivity index (χ2n) is 5.61. The number of hydrogen-bond donors (Lipinski definition) is 1. The van der Waals surface area contributed by atoms with Gasteiger partial charge in [0, 0.05) is 19.8 Å². The molecule has 146 valence electrons. The molecule has 0 aliphatic carbocycles. The van der Waals surface area contributed by atoms with Gasteiger partial charge in [0.15, 0.2) is 0 Å². The monoisotopic (exact) mass is 412 g/mol. The average molecular weight is 412 g/mol. The summed E-state index contributed by atoms with van der Waals surface area (Å²) in [4.78, 5) is 23.5. The van der Waals surface area contributed by atoms with Crippen molar-refractivity contribution in [3.63, 3.8) is 0 Å². The second-order valence-corrected chi connectivity index (χ2v) is 8.75. The number of benzene rings is 1. The zero-order chi connectivity index (χ0) is 20.0. The summed E-state index contributed by atoms with van der Waals surface area (Å²) in [6.45, 7) is 0. The number of nitrogens with one attached hydrogen (secondary N) is 1. The van der Waals surface area contributed by atoms with Gasteiger partial charge in [0.05, 0.1) is 23.5 Å². The molecule has 0 spiro atoms. The largest absolute Gasteiger partial charge is 0.463 e. The molecular weight excluding hydrogens is 392 g/mol. The maximum Gasteiger partial charge on any atom is 0.373 e. The van der Waals surface area contributed by atoms with E-state index in [1.807, 2.05) is 0 Å². The van der Waals surface area contributed by atoms with Gasteiger partial charge >= 0.3 is 5.97 Å². The molecule has 0 saturated carbocycles. The Hall–Kier alpha value is -2.30. The molecule has 1 heterocycles. The second kappa shape index (κ2) is 9.07. The number of hydrogen-bond acceptors (Lipinski definition) is 7. The first kappa shape index (κ1) is 21.0. The smallest absolute Gasteiger partial charge is 0.373 e. The van der Waals surface area contributed by atoms with E-state index in [4.69, 9.17) is 4.42 Å². The molecule has 2 rings (SSSR count). The Morgan fingerprint density at radius 3 is 2.63 bits per heavy atom. The maximum atomic E-state index is 12.1. The molecular formula is C17H20N2O6S2. The number of carbonyl (C=O) groups excluding carboxylic acids is 2. The van der Waals surface area contributed by atoms with Crippen LogP contribution in [0.1, 0.15) is 16.3 Å². The summed E-state index contributed by atoms with van der Waals surface area (Å²) in [5, 5.41) is 2.66. The van der Waals surface area contributed by atoms with Crippen LogP contribution in [-0.4, -0.2) is 51.6 Å². The highest BCUT2D eigenvalue weighted by Gasteiger charge is 2.17. The predicted octanol–water partition coefficient (Wildman–Crippen LogP) is 2.19. The first-order chi connectivity index (χ1) is 12.7. The van der Waals surface area contributed by atoms with Gasteiger partial charge < -0.3 is 14.5 Å². The van der Waals surface area contributed by atoms with Gasteiger partial charge in [0.25, 0.3) is 0 Å². The van der Waals surface area contributed by atoms with Crippen LogP contribution in [0.2, 0.25) is 0 Å². The van der Waals surface area contributed by atoms with Gasteiger partial charge in [-0.25, -0.2) is 17.5 Å². The fourth-order valence-electron chi connectivity index (χ4n) is 2.05. The third kappa shape index (κ3) is 5.59. The third-order valence-electron chi connectivity index (χ3n) is 3.42. The lowest BCUT2D eigenvalue weighted by molar-refractivity contribution is -0.113. The van der Waals surface area contributed by atoms with Crippen molar-refractivity contribution >= 4 is 39.3 Å². The molecule has 1 aromatic carbocycles. The number of nitrogens with zero attached hydrogens (tertiary/aromatic N) is 1. The van der Waals surface area contributed by atoms with E-state index in [0.29, 0.717) is 17.2 Å². The standard InChI is InChI=1S/C17H20N2O6S2/c1-19(2)27(22,23)14-6-4-5-12(9-14)18-16(20)11-26-10-13-7-8-15(25-13)17(21)24-3/h4-9H,10-11H2,1-3H3,(H,18,20). The van der Waals surface area contributed by atoms with Gasteiger partial charge in [-0.15, -0.1) is 11.8 Å². The van der Waals surface area contributed by atoms with Gasteiger partial charge in [0.2, 0.25) is 21.7 Å². The zero-order valence-electron chi connectivity index (χ0n) is 15.1. The minimum atomic E-state index is -3.57. The minimum absolute atomic E-state index is 0.101. The zero-order valence-corrected chi connectivity index (χ0v) is 16.7. The molecule has 27 heavy (non-hydrogen) atoms. The van der Waals surface area contributed by atoms with Crippen molar-refractivity contribution < 1.29 is 27.2 Å². The van der Waals surface area contributed by atoms with E-state index in [1.54, 1.807) is 18.2 Å². The highest BCUT2D eigenvalue weighted by Crippen LogP contribution is 2.19. The molecule has 8 nitrogen and oxygen atoms in total. The normalized spacial score (nSPS) is 11.4. The molecule has 0 atom stereocenters. The summed E-state index contributed by atoms with van der Waals surface area (Å²) in [5.74, 6) is 0.359. The fourth-order valence-corrected chi connectivity index (χ4v) is 3.72. The van der Waals surface area contributed by atoms with Crippen molar-refractivity contribution in [2.24, 2.45) is 0 Å². The van der Waals surface area contributed by atoms with Crippen LogP contribution < -0.4 is 5.32 Å². The van der Waals surface area contributed by atoms with Gasteiger partial charge in [-0.1, -0.05) is 6.07 Å². The first-order valence-electron chi connectivity index (χ1n) is 7.81. The highest BCUT2D eigenvalue weighted by molar-refractivity contribution is 7.99. The van der Waals surface area contributed by atoms with Crippen molar-refractivity contribution in [3.8, 4) is 0 Å². The molecule has 0 unspecified atom stereocenters. The molecule has 0 aliphatic heterocycles. The summed E-state index contributed by atoms with van der Waals surface area (Å²) >= 11 is 1.30. The first-order valence-corrected chi connectivity index (χ1v) is 10.4. The van der Waals surface area contributed by atoms with Gasteiger partial charge in [-0.2, -0.15) is 0 Å². The van der Waals surface area contributed by atoms with E-state index in [1.165, 1.54) is 51.2 Å². The van der Waals surface area contributed by atoms with Crippen LogP contribution in [0.15, 0.2) is 45.7 Å². The highest BCUT2D eigenvalue weighted by atomic mass is 32.2. The van der Waals surface area contributed by atoms with E-state index in [9.17, 15) is 18.0 Å². The van der Waals surface area contributed by atoms with E-state index < -0.39 is 16.0 Å². The summed E-state index contributed by atoms with van der Waals surface area (Å²) in [5.41, 5.74) is 0.398. The van der Waals surface area contributed by atoms with Gasteiger partial charge in [-0.3, -0.25) is 4.79 Å². The van der Waals surface area contributed by atoms with Crippen molar-refractivity contribution in [2.45, 2.75) is 10.6 Å². The molecule has 0 fully saturated rings. The number of esters is 1. The van der Waals surface area contributed by atoms with Crippen molar-refractivity contribution in [1.82, 2.24) is 4.31 Å². The molecule has 0 radical (unpaired) electrons. The van der Waals surface area contributed by atoms with Crippen LogP contribution >= 0.6 is 11.8 Å². The van der Waals surface area contributed by atoms with E-state index in [2.05, 4.69) is 10.1 Å². The molecule has 0 saturated heterocycles. The number of anilines is 1. The molecule has 1 N–H and O–H groups in total. The molecule has 0 aliphatic rings. The van der Waals surface area contributed by atoms with Crippen molar-refractivity contribution in [1.29, 1.82) is 0 Å². The van der Waals surface area contributed by atoms with E-state index >= 15 is 0 Å². The number of carbonyl (C=O) groups is 2. The molecule has 2 aromatic rings. The number of sulfonamides is 1. The summed E-state index contributed by atoms with van der Waals surface area (Å²) in [6, 6.07) is 9.22. The Kier molecular flexibility index (Phi) is 7.05. The van der Waals surface area contributed by atoms with Crippen LogP contribution in [0.3, 0.4) is 0 Å². The van der Waals surface area contributed by atoms with Crippen molar-refractivity contribution in [3.05, 3.63) is 47.9 Å².